The molecule has 0 spiro atoms. The van der Waals surface area contributed by atoms with E-state index in [4.69, 9.17) is 10.5 Å². The van der Waals surface area contributed by atoms with Crippen LogP contribution >= 0.6 is 15.9 Å². The molecule has 1 saturated carbocycles. The van der Waals surface area contributed by atoms with Gasteiger partial charge in [0.05, 0.1) is 11.6 Å². The molecule has 94 valence electrons. The Morgan fingerprint density at radius 3 is 2.53 bits per heavy atom. The van der Waals surface area contributed by atoms with Crippen LogP contribution in [0.5, 0.6) is 5.75 Å². The Bertz CT molecular complexity index is 441. The predicted octanol–water partition coefficient (Wildman–Crippen LogP) is 3.12. The summed E-state index contributed by atoms with van der Waals surface area (Å²) < 4.78 is 32.4. The molecule has 0 aromatic heterocycles. The van der Waals surface area contributed by atoms with Gasteiger partial charge in [0.2, 0.25) is 0 Å². The van der Waals surface area contributed by atoms with Crippen LogP contribution in [0, 0.1) is 11.6 Å². The van der Waals surface area contributed by atoms with Gasteiger partial charge in [-0.25, -0.2) is 8.78 Å². The number of ether oxygens (including phenoxy) is 1. The molecule has 5 heteroatoms. The first-order valence-electron chi connectivity index (χ1n) is 5.48. The van der Waals surface area contributed by atoms with E-state index < -0.39 is 11.6 Å². The van der Waals surface area contributed by atoms with Crippen molar-refractivity contribution in [3.8, 4) is 5.75 Å². The van der Waals surface area contributed by atoms with E-state index in [-0.39, 0.29) is 15.6 Å². The molecule has 0 bridgehead atoms. The number of hydrogen-bond acceptors (Lipinski definition) is 2. The highest BCUT2D eigenvalue weighted by atomic mass is 79.9. The van der Waals surface area contributed by atoms with Gasteiger partial charge < -0.3 is 10.5 Å². The minimum absolute atomic E-state index is 0.100. The molecule has 0 saturated heterocycles. The third kappa shape index (κ3) is 1.85. The molecule has 0 aliphatic heterocycles. The smallest absolute Gasteiger partial charge is 0.182 e. The normalized spacial score (nSPS) is 17.7. The fourth-order valence-corrected chi connectivity index (χ4v) is 2.65. The molecule has 1 aliphatic rings. The Kier molecular flexibility index (Phi) is 3.41. The lowest BCUT2D eigenvalue weighted by Gasteiger charge is -2.42. The van der Waals surface area contributed by atoms with Crippen LogP contribution in [-0.4, -0.2) is 13.7 Å². The zero-order valence-corrected chi connectivity index (χ0v) is 11.1. The third-order valence-electron chi connectivity index (χ3n) is 3.59. The minimum Gasteiger partial charge on any atom is -0.493 e. The molecule has 1 aromatic rings. The second-order valence-electron chi connectivity index (χ2n) is 4.41. The van der Waals surface area contributed by atoms with Crippen LogP contribution in [0.1, 0.15) is 24.8 Å². The summed E-state index contributed by atoms with van der Waals surface area (Å²) in [5, 5.41) is 0. The maximum atomic E-state index is 13.9. The molecule has 2 nitrogen and oxygen atoms in total. The molecule has 17 heavy (non-hydrogen) atoms. The summed E-state index contributed by atoms with van der Waals surface area (Å²) in [5.41, 5.74) is 5.97. The number of halogens is 3. The van der Waals surface area contributed by atoms with E-state index in [1.807, 2.05) is 0 Å². The lowest BCUT2D eigenvalue weighted by atomic mass is 9.64. The van der Waals surface area contributed by atoms with Crippen molar-refractivity contribution >= 4 is 15.9 Å². The highest BCUT2D eigenvalue weighted by molar-refractivity contribution is 9.10. The number of rotatable bonds is 3. The maximum Gasteiger partial charge on any atom is 0.182 e. The van der Waals surface area contributed by atoms with Crippen LogP contribution in [0.3, 0.4) is 0 Å². The molecule has 0 heterocycles. The fraction of sp³-hybridized carbons (Fsp3) is 0.500. The van der Waals surface area contributed by atoms with E-state index >= 15 is 0 Å². The van der Waals surface area contributed by atoms with Gasteiger partial charge in [0, 0.05) is 17.5 Å². The quantitative estimate of drug-likeness (QED) is 0.871. The van der Waals surface area contributed by atoms with Gasteiger partial charge in [0.25, 0.3) is 0 Å². The van der Waals surface area contributed by atoms with Crippen molar-refractivity contribution in [1.82, 2.24) is 0 Å². The largest absolute Gasteiger partial charge is 0.493 e. The first-order valence-corrected chi connectivity index (χ1v) is 6.27. The van der Waals surface area contributed by atoms with Crippen molar-refractivity contribution in [2.24, 2.45) is 5.73 Å². The van der Waals surface area contributed by atoms with Crippen LogP contribution in [0.25, 0.3) is 0 Å². The first-order chi connectivity index (χ1) is 8.05. The number of nitrogens with two attached hydrogens (primary N) is 1. The van der Waals surface area contributed by atoms with Crippen LogP contribution in [-0.2, 0) is 5.41 Å². The average molecular weight is 306 g/mol. The second kappa shape index (κ2) is 4.53. The zero-order chi connectivity index (χ0) is 12.6. The van der Waals surface area contributed by atoms with Gasteiger partial charge in [-0.05, 0) is 34.8 Å². The summed E-state index contributed by atoms with van der Waals surface area (Å²) in [4.78, 5) is 0. The van der Waals surface area contributed by atoms with Gasteiger partial charge >= 0.3 is 0 Å². The average Bonchev–Trinajstić information content (AvgIpc) is 2.26. The van der Waals surface area contributed by atoms with E-state index in [0.717, 1.165) is 19.3 Å². The number of benzene rings is 1. The lowest BCUT2D eigenvalue weighted by Crippen LogP contribution is -2.42. The molecule has 0 radical (unpaired) electrons. The molecule has 0 amide bonds. The van der Waals surface area contributed by atoms with Gasteiger partial charge in [-0.1, -0.05) is 6.42 Å². The van der Waals surface area contributed by atoms with Crippen LogP contribution in [0.2, 0.25) is 0 Å². The Morgan fingerprint density at radius 1 is 1.47 bits per heavy atom. The second-order valence-corrected chi connectivity index (χ2v) is 5.20. The van der Waals surface area contributed by atoms with E-state index in [1.54, 1.807) is 0 Å². The van der Waals surface area contributed by atoms with E-state index in [9.17, 15) is 8.78 Å². The van der Waals surface area contributed by atoms with E-state index in [1.165, 1.54) is 13.2 Å². The summed E-state index contributed by atoms with van der Waals surface area (Å²) in [6.07, 6.45) is 2.72. The van der Waals surface area contributed by atoms with Crippen molar-refractivity contribution < 1.29 is 13.5 Å². The maximum absolute atomic E-state index is 13.9. The van der Waals surface area contributed by atoms with Crippen molar-refractivity contribution in [2.75, 3.05) is 13.7 Å². The summed E-state index contributed by atoms with van der Waals surface area (Å²) in [5.74, 6) is -1.20. The van der Waals surface area contributed by atoms with Gasteiger partial charge in [0.1, 0.15) is 5.82 Å². The zero-order valence-electron chi connectivity index (χ0n) is 9.53. The monoisotopic (exact) mass is 305 g/mol. The molecule has 1 fully saturated rings. The number of hydrogen-bond donors (Lipinski definition) is 1. The molecule has 2 rings (SSSR count). The lowest BCUT2D eigenvalue weighted by molar-refractivity contribution is 0.239. The standard InChI is InChI=1S/C12H14BrF2NO/c1-17-11-7(12(6-16)3-2-4-12)5-8(14)9(13)10(11)15/h5H,2-4,6,16H2,1H3. The van der Waals surface area contributed by atoms with Crippen molar-refractivity contribution in [3.63, 3.8) is 0 Å². The number of methoxy groups -OCH3 is 1. The van der Waals surface area contributed by atoms with Crippen molar-refractivity contribution in [3.05, 3.63) is 27.7 Å². The minimum atomic E-state index is -0.692. The first kappa shape index (κ1) is 12.8. The summed E-state index contributed by atoms with van der Waals surface area (Å²) in [7, 11) is 1.38. The SMILES string of the molecule is COc1c(C2(CN)CCC2)cc(F)c(Br)c1F. The third-order valence-corrected chi connectivity index (χ3v) is 4.32. The van der Waals surface area contributed by atoms with Crippen LogP contribution < -0.4 is 10.5 Å². The van der Waals surface area contributed by atoms with E-state index in [0.29, 0.717) is 12.1 Å². The van der Waals surface area contributed by atoms with Crippen LogP contribution in [0.15, 0.2) is 10.5 Å². The van der Waals surface area contributed by atoms with Gasteiger partial charge in [-0.15, -0.1) is 0 Å². The molecule has 0 unspecified atom stereocenters. The van der Waals surface area contributed by atoms with Crippen molar-refractivity contribution in [2.45, 2.75) is 24.7 Å². The predicted molar refractivity (Wildman–Crippen MR) is 65.2 cm³/mol. The fourth-order valence-electron chi connectivity index (χ4n) is 2.36. The Hall–Kier alpha value is -0.680. The molecule has 0 atom stereocenters. The summed E-state index contributed by atoms with van der Waals surface area (Å²) in [6, 6.07) is 1.33. The summed E-state index contributed by atoms with van der Waals surface area (Å²) in [6.45, 7) is 0.379. The van der Waals surface area contributed by atoms with Crippen LogP contribution in [0.4, 0.5) is 8.78 Å². The van der Waals surface area contributed by atoms with Crippen molar-refractivity contribution in [1.29, 1.82) is 0 Å². The Labute approximate surface area is 107 Å². The molecular weight excluding hydrogens is 292 g/mol. The van der Waals surface area contributed by atoms with Gasteiger partial charge in [-0.2, -0.15) is 0 Å². The Morgan fingerprint density at radius 2 is 2.12 bits per heavy atom. The summed E-state index contributed by atoms with van der Waals surface area (Å²) >= 11 is 2.87. The van der Waals surface area contributed by atoms with Gasteiger partial charge in [0.15, 0.2) is 11.6 Å². The topological polar surface area (TPSA) is 35.2 Å². The molecule has 1 aromatic carbocycles. The molecule has 1 aliphatic carbocycles. The Balaban J connectivity index is 2.60. The molecule has 2 N–H and O–H groups in total. The highest BCUT2D eigenvalue weighted by Gasteiger charge is 2.41. The molecular formula is C12H14BrF2NO. The van der Waals surface area contributed by atoms with Gasteiger partial charge in [-0.3, -0.25) is 0 Å². The van der Waals surface area contributed by atoms with E-state index in [2.05, 4.69) is 15.9 Å². The highest BCUT2D eigenvalue weighted by Crippen LogP contribution is 2.48.